The second-order valence-electron chi connectivity index (χ2n) is 5.53. The van der Waals surface area contributed by atoms with E-state index in [9.17, 15) is 21.6 Å². The summed E-state index contributed by atoms with van der Waals surface area (Å²) in [6.07, 6.45) is -4.67. The van der Waals surface area contributed by atoms with Crippen molar-refractivity contribution in [2.45, 2.75) is 11.1 Å². The Kier molecular flexibility index (Phi) is 4.53. The van der Waals surface area contributed by atoms with Gasteiger partial charge in [-0.15, -0.1) is 0 Å². The number of nitrogens with one attached hydrogen (secondary N) is 1. The highest BCUT2D eigenvalue weighted by Gasteiger charge is 2.34. The molecule has 0 aromatic heterocycles. The van der Waals surface area contributed by atoms with Gasteiger partial charge >= 0.3 is 6.18 Å². The maximum absolute atomic E-state index is 13.1. The van der Waals surface area contributed by atoms with Gasteiger partial charge in [0.2, 0.25) is 0 Å². The third-order valence-corrected chi connectivity index (χ3v) is 5.17. The second-order valence-corrected chi connectivity index (χ2v) is 7.21. The fourth-order valence-corrected chi connectivity index (χ4v) is 3.63. The Morgan fingerprint density at radius 1 is 0.923 bits per heavy atom. The lowest BCUT2D eigenvalue weighted by Crippen LogP contribution is -2.14. The number of hydrogen-bond acceptors (Lipinski definition) is 3. The van der Waals surface area contributed by atoms with E-state index in [1.165, 1.54) is 18.2 Å². The van der Waals surface area contributed by atoms with E-state index in [4.69, 9.17) is 4.74 Å². The van der Waals surface area contributed by atoms with Crippen molar-refractivity contribution in [3.8, 4) is 5.75 Å². The molecule has 3 rings (SSSR count). The molecule has 0 fully saturated rings. The zero-order valence-electron chi connectivity index (χ0n) is 13.5. The molecule has 0 saturated heterocycles. The van der Waals surface area contributed by atoms with Crippen LogP contribution in [-0.4, -0.2) is 15.5 Å². The van der Waals surface area contributed by atoms with E-state index >= 15 is 0 Å². The number of anilines is 1. The summed E-state index contributed by atoms with van der Waals surface area (Å²) in [5, 5.41) is 1.57. The summed E-state index contributed by atoms with van der Waals surface area (Å²) in [4.78, 5) is -0.0411. The number of alkyl halides is 3. The number of fused-ring (bicyclic) bond motifs is 1. The third-order valence-electron chi connectivity index (χ3n) is 3.79. The Morgan fingerprint density at radius 3 is 2.27 bits per heavy atom. The molecule has 0 spiro atoms. The smallest absolute Gasteiger partial charge is 0.420 e. The molecule has 0 saturated carbocycles. The molecule has 4 nitrogen and oxygen atoms in total. The van der Waals surface area contributed by atoms with Crippen molar-refractivity contribution >= 4 is 26.5 Å². The predicted molar refractivity (Wildman–Crippen MR) is 92.8 cm³/mol. The average molecular weight is 381 g/mol. The van der Waals surface area contributed by atoms with E-state index in [2.05, 4.69) is 4.72 Å². The molecule has 0 radical (unpaired) electrons. The fraction of sp³-hybridized carbons (Fsp3) is 0.111. The molecular weight excluding hydrogens is 367 g/mol. The van der Waals surface area contributed by atoms with E-state index < -0.39 is 21.8 Å². The van der Waals surface area contributed by atoms with Crippen LogP contribution in [0.3, 0.4) is 0 Å². The molecule has 0 unspecified atom stereocenters. The largest absolute Gasteiger partial charge is 0.496 e. The zero-order valence-corrected chi connectivity index (χ0v) is 14.4. The topological polar surface area (TPSA) is 55.4 Å². The molecule has 136 valence electrons. The number of ether oxygens (including phenoxy) is 1. The van der Waals surface area contributed by atoms with E-state index in [1.807, 2.05) is 12.1 Å². The lowest BCUT2D eigenvalue weighted by Gasteiger charge is -2.15. The maximum atomic E-state index is 13.1. The van der Waals surface area contributed by atoms with Gasteiger partial charge in [0, 0.05) is 5.69 Å². The van der Waals surface area contributed by atoms with Crippen molar-refractivity contribution in [1.29, 1.82) is 0 Å². The highest BCUT2D eigenvalue weighted by atomic mass is 32.2. The van der Waals surface area contributed by atoms with E-state index in [0.29, 0.717) is 11.5 Å². The first-order valence-corrected chi connectivity index (χ1v) is 8.96. The van der Waals surface area contributed by atoms with E-state index in [1.54, 1.807) is 18.2 Å². The monoisotopic (exact) mass is 381 g/mol. The van der Waals surface area contributed by atoms with Gasteiger partial charge in [0.25, 0.3) is 10.0 Å². The molecule has 0 aliphatic carbocycles. The van der Waals surface area contributed by atoms with Crippen LogP contribution in [0.25, 0.3) is 10.8 Å². The van der Waals surface area contributed by atoms with Gasteiger partial charge in [-0.05, 0) is 41.1 Å². The van der Waals surface area contributed by atoms with Crippen LogP contribution in [0.15, 0.2) is 65.6 Å². The minimum atomic E-state index is -4.67. The summed E-state index contributed by atoms with van der Waals surface area (Å²) in [7, 11) is -2.93. The first-order valence-electron chi connectivity index (χ1n) is 7.47. The summed E-state index contributed by atoms with van der Waals surface area (Å²) < 4.78 is 71.2. The fourth-order valence-electron chi connectivity index (χ4n) is 2.54. The summed E-state index contributed by atoms with van der Waals surface area (Å²) in [6.45, 7) is 0. The molecule has 0 aliphatic rings. The van der Waals surface area contributed by atoms with Gasteiger partial charge in [0.1, 0.15) is 5.75 Å². The van der Waals surface area contributed by atoms with Crippen LogP contribution in [0, 0.1) is 0 Å². The van der Waals surface area contributed by atoms with Gasteiger partial charge in [0.15, 0.2) is 0 Å². The Balaban J connectivity index is 1.98. The quantitative estimate of drug-likeness (QED) is 0.715. The van der Waals surface area contributed by atoms with Crippen LogP contribution < -0.4 is 9.46 Å². The minimum absolute atomic E-state index is 0.0411. The molecule has 0 aliphatic heterocycles. The number of benzene rings is 3. The highest BCUT2D eigenvalue weighted by molar-refractivity contribution is 7.92. The van der Waals surface area contributed by atoms with Gasteiger partial charge in [0.05, 0.1) is 17.6 Å². The van der Waals surface area contributed by atoms with Crippen LogP contribution in [0.2, 0.25) is 0 Å². The molecule has 8 heteroatoms. The number of hydrogen-bond donors (Lipinski definition) is 1. The van der Waals surface area contributed by atoms with Gasteiger partial charge in [-0.1, -0.05) is 30.3 Å². The van der Waals surface area contributed by atoms with Gasteiger partial charge < -0.3 is 4.74 Å². The first-order chi connectivity index (χ1) is 12.2. The van der Waals surface area contributed by atoms with Crippen LogP contribution in [-0.2, 0) is 16.2 Å². The molecule has 3 aromatic carbocycles. The van der Waals surface area contributed by atoms with Crippen molar-refractivity contribution < 1.29 is 26.3 Å². The number of sulfonamides is 1. The van der Waals surface area contributed by atoms with Gasteiger partial charge in [-0.25, -0.2) is 8.42 Å². The Labute approximate surface area is 148 Å². The molecule has 26 heavy (non-hydrogen) atoms. The minimum Gasteiger partial charge on any atom is -0.496 e. The third kappa shape index (κ3) is 3.60. The number of halogens is 3. The van der Waals surface area contributed by atoms with Crippen molar-refractivity contribution in [1.82, 2.24) is 0 Å². The molecule has 1 N–H and O–H groups in total. The van der Waals surface area contributed by atoms with Gasteiger partial charge in [-0.2, -0.15) is 13.2 Å². The lowest BCUT2D eigenvalue weighted by molar-refractivity contribution is -0.138. The van der Waals surface area contributed by atoms with Crippen molar-refractivity contribution in [2.75, 3.05) is 11.8 Å². The van der Waals surface area contributed by atoms with E-state index in [-0.39, 0.29) is 16.3 Å². The SMILES string of the molecule is COc1ccc(NS(=O)(=O)c2ccc3ccccc3c2)cc1C(F)(F)F. The average Bonchev–Trinajstić information content (AvgIpc) is 2.60. The highest BCUT2D eigenvalue weighted by Crippen LogP contribution is 2.38. The van der Waals surface area contributed by atoms with Crippen LogP contribution in [0.1, 0.15) is 5.56 Å². The maximum Gasteiger partial charge on any atom is 0.420 e. The molecular formula is C18H14F3NO3S. The van der Waals surface area contributed by atoms with E-state index in [0.717, 1.165) is 18.6 Å². The van der Waals surface area contributed by atoms with Crippen molar-refractivity contribution in [3.05, 3.63) is 66.2 Å². The van der Waals surface area contributed by atoms with Crippen molar-refractivity contribution in [2.24, 2.45) is 0 Å². The Bertz CT molecular complexity index is 1060. The first kappa shape index (κ1) is 18.1. The summed E-state index contributed by atoms with van der Waals surface area (Å²) in [5.74, 6) is -0.383. The van der Waals surface area contributed by atoms with Crippen molar-refractivity contribution in [3.63, 3.8) is 0 Å². The Hall–Kier alpha value is -2.74. The molecule has 0 amide bonds. The standard InChI is InChI=1S/C18H14F3NO3S/c1-25-17-9-7-14(11-16(17)18(19,20)21)22-26(23,24)15-8-6-12-4-2-3-5-13(12)10-15/h2-11,22H,1H3. The van der Waals surface area contributed by atoms with Crippen LogP contribution >= 0.6 is 0 Å². The normalized spacial score (nSPS) is 12.2. The summed E-state index contributed by atoms with van der Waals surface area (Å²) >= 11 is 0. The molecule has 3 aromatic rings. The molecule has 0 atom stereocenters. The van der Waals surface area contributed by atoms with Gasteiger partial charge in [-0.3, -0.25) is 4.72 Å². The van der Waals surface area contributed by atoms with Crippen LogP contribution in [0.5, 0.6) is 5.75 Å². The predicted octanol–water partition coefficient (Wildman–Crippen LogP) is 4.67. The Morgan fingerprint density at radius 2 is 1.62 bits per heavy atom. The summed E-state index contributed by atoms with van der Waals surface area (Å²) in [5.41, 5.74) is -1.26. The number of rotatable bonds is 4. The van der Waals surface area contributed by atoms with Crippen LogP contribution in [0.4, 0.5) is 18.9 Å². The number of methoxy groups -OCH3 is 1. The molecule has 0 heterocycles. The summed E-state index contributed by atoms with van der Waals surface area (Å²) in [6, 6.07) is 14.7. The lowest BCUT2D eigenvalue weighted by atomic mass is 10.1. The molecule has 0 bridgehead atoms. The second kappa shape index (κ2) is 6.53. The zero-order chi connectivity index (χ0) is 18.9.